The monoisotopic (exact) mass is 311 g/mol. The second-order valence-electron chi connectivity index (χ2n) is 4.01. The summed E-state index contributed by atoms with van der Waals surface area (Å²) in [5.41, 5.74) is 0.312. The largest absolute Gasteiger partial charge is 0.481 e. The second-order valence-corrected chi connectivity index (χ2v) is 4.27. The molecule has 0 unspecified atom stereocenters. The molecule has 0 N–H and O–H groups in total. The first-order valence-electron chi connectivity index (χ1n) is 5.51. The average molecular weight is 312 g/mol. The summed E-state index contributed by atoms with van der Waals surface area (Å²) in [6, 6.07) is 2.98. The Morgan fingerprint density at radius 2 is 2.05 bits per heavy atom. The zero-order valence-corrected chi connectivity index (χ0v) is 11.0. The topological polar surface area (TPSA) is 39.9 Å². The Bertz CT molecular complexity index is 617. The molecule has 2 heterocycles. The molecule has 9 heteroatoms. The number of aromatic nitrogens is 3. The van der Waals surface area contributed by atoms with Crippen molar-refractivity contribution < 1.29 is 22.3 Å². The predicted molar refractivity (Wildman–Crippen MR) is 64.6 cm³/mol. The first-order chi connectivity index (χ1) is 9.39. The Hall–Kier alpha value is -1.57. The van der Waals surface area contributed by atoms with Crippen LogP contribution in [0.4, 0.5) is 17.6 Å². The zero-order chi connectivity index (χ0) is 14.9. The van der Waals surface area contributed by atoms with Crippen LogP contribution in [0.5, 0.6) is 5.88 Å². The molecule has 0 radical (unpaired) electrons. The summed E-state index contributed by atoms with van der Waals surface area (Å²) in [6.07, 6.45) is -3.78. The zero-order valence-electron chi connectivity index (χ0n) is 10.3. The Kier molecular flexibility index (Phi) is 4.03. The maximum atomic E-state index is 13.2. The van der Waals surface area contributed by atoms with Gasteiger partial charge in [0, 0.05) is 6.07 Å². The molecule has 2 aromatic rings. The van der Waals surface area contributed by atoms with Gasteiger partial charge in [0.1, 0.15) is 11.3 Å². The Balaban J connectivity index is 2.54. The number of nitrogens with zero attached hydrogens (tertiary/aromatic N) is 3. The van der Waals surface area contributed by atoms with E-state index < -0.39 is 18.9 Å². The molecule has 0 amide bonds. The van der Waals surface area contributed by atoms with Gasteiger partial charge in [0.25, 0.3) is 0 Å². The second kappa shape index (κ2) is 5.43. The fourth-order valence-electron chi connectivity index (χ4n) is 1.69. The minimum Gasteiger partial charge on any atom is -0.481 e. The van der Waals surface area contributed by atoms with Gasteiger partial charge in [0.15, 0.2) is 5.65 Å². The highest BCUT2D eigenvalue weighted by atomic mass is 35.5. The fraction of sp³-hybridized carbons (Fsp3) is 0.455. The van der Waals surface area contributed by atoms with E-state index in [-0.39, 0.29) is 28.7 Å². The lowest BCUT2D eigenvalue weighted by molar-refractivity contribution is -0.137. The molecule has 2 aromatic heterocycles. The summed E-state index contributed by atoms with van der Waals surface area (Å²) in [5.74, 6) is -4.18. The van der Waals surface area contributed by atoms with Gasteiger partial charge in [-0.1, -0.05) is 0 Å². The summed E-state index contributed by atoms with van der Waals surface area (Å²) in [5, 5.41) is 0. The van der Waals surface area contributed by atoms with E-state index in [0.29, 0.717) is 0 Å². The van der Waals surface area contributed by atoms with Crippen LogP contribution >= 0.6 is 11.6 Å². The van der Waals surface area contributed by atoms with Crippen LogP contribution in [0.15, 0.2) is 12.1 Å². The van der Waals surface area contributed by atoms with E-state index in [2.05, 4.69) is 9.97 Å². The highest BCUT2D eigenvalue weighted by Crippen LogP contribution is 2.28. The van der Waals surface area contributed by atoms with E-state index >= 15 is 0 Å². The van der Waals surface area contributed by atoms with Gasteiger partial charge in [0.05, 0.1) is 19.5 Å². The highest BCUT2D eigenvalue weighted by Gasteiger charge is 2.42. The van der Waals surface area contributed by atoms with Crippen LogP contribution in [0.1, 0.15) is 5.82 Å². The quantitative estimate of drug-likeness (QED) is 0.629. The average Bonchev–Trinajstić information content (AvgIpc) is 2.75. The Morgan fingerprint density at radius 3 is 2.60 bits per heavy atom. The third-order valence-electron chi connectivity index (χ3n) is 2.66. The molecule has 0 fully saturated rings. The minimum atomic E-state index is -4.20. The number of hydrogen-bond acceptors (Lipinski definition) is 3. The molecule has 0 aliphatic heterocycles. The summed E-state index contributed by atoms with van der Waals surface area (Å²) in [6.45, 7) is -1.25. The van der Waals surface area contributed by atoms with Gasteiger partial charge in [-0.2, -0.15) is 13.8 Å². The molecule has 110 valence electrons. The van der Waals surface area contributed by atoms with Crippen molar-refractivity contribution in [3.8, 4) is 5.88 Å². The van der Waals surface area contributed by atoms with E-state index in [1.54, 1.807) is 0 Å². The number of ether oxygens (including phenoxy) is 1. The molecule has 0 aromatic carbocycles. The molecular weight excluding hydrogens is 302 g/mol. The number of imidazole rings is 1. The highest BCUT2D eigenvalue weighted by molar-refractivity contribution is 6.16. The number of halogens is 5. The van der Waals surface area contributed by atoms with Crippen molar-refractivity contribution in [2.24, 2.45) is 0 Å². The lowest BCUT2D eigenvalue weighted by Crippen LogP contribution is -2.32. The van der Waals surface area contributed by atoms with Crippen molar-refractivity contribution in [3.63, 3.8) is 0 Å². The summed E-state index contributed by atoms with van der Waals surface area (Å²) in [7, 11) is 1.35. The summed E-state index contributed by atoms with van der Waals surface area (Å²) < 4.78 is 56.9. The van der Waals surface area contributed by atoms with Crippen LogP contribution in [0.2, 0.25) is 0 Å². The maximum absolute atomic E-state index is 13.2. The third kappa shape index (κ3) is 2.65. The molecule has 0 aliphatic rings. The van der Waals surface area contributed by atoms with Gasteiger partial charge in [-0.15, -0.1) is 11.6 Å². The summed E-state index contributed by atoms with van der Waals surface area (Å²) in [4.78, 5) is 7.93. The first kappa shape index (κ1) is 14.8. The van der Waals surface area contributed by atoms with E-state index in [1.807, 2.05) is 0 Å². The molecule has 20 heavy (non-hydrogen) atoms. The number of rotatable bonds is 5. The first-order valence-corrected chi connectivity index (χ1v) is 6.04. The molecule has 0 saturated carbocycles. The Morgan fingerprint density at radius 1 is 1.35 bits per heavy atom. The van der Waals surface area contributed by atoms with Gasteiger partial charge < -0.3 is 9.30 Å². The smallest absolute Gasteiger partial charge is 0.324 e. The van der Waals surface area contributed by atoms with Crippen molar-refractivity contribution in [1.29, 1.82) is 0 Å². The van der Waals surface area contributed by atoms with E-state index in [9.17, 15) is 17.6 Å². The number of hydrogen-bond donors (Lipinski definition) is 0. The molecule has 4 nitrogen and oxygen atoms in total. The number of alkyl halides is 5. The number of methoxy groups -OCH3 is 1. The van der Waals surface area contributed by atoms with Crippen molar-refractivity contribution in [3.05, 3.63) is 18.0 Å². The fourth-order valence-corrected chi connectivity index (χ4v) is 1.90. The van der Waals surface area contributed by atoms with Crippen LogP contribution < -0.4 is 4.74 Å². The molecule has 0 saturated heterocycles. The number of pyridine rings is 1. The van der Waals surface area contributed by atoms with Crippen molar-refractivity contribution in [1.82, 2.24) is 14.5 Å². The number of fused-ring (bicyclic) bond motifs is 1. The third-order valence-corrected chi connectivity index (χ3v) is 2.90. The van der Waals surface area contributed by atoms with Crippen LogP contribution in [0.3, 0.4) is 0 Å². The molecular formula is C11H10ClF4N3O. The van der Waals surface area contributed by atoms with Gasteiger partial charge in [-0.05, 0) is 6.07 Å². The van der Waals surface area contributed by atoms with Gasteiger partial charge in [-0.3, -0.25) is 0 Å². The van der Waals surface area contributed by atoms with Crippen LogP contribution in [-0.2, 0) is 12.4 Å². The molecule has 0 atom stereocenters. The van der Waals surface area contributed by atoms with Crippen LogP contribution in [0, 0.1) is 0 Å². The van der Waals surface area contributed by atoms with Crippen molar-refractivity contribution in [2.45, 2.75) is 24.8 Å². The standard InChI is InChI=1S/C11H10ClF4N3O/c1-20-8-3-2-6-9(18-8)19(7(4-12)17-6)5-11(15,16)10(13)14/h2-3,10H,4-5H2,1H3. The molecule has 0 aliphatic carbocycles. The molecule has 2 rings (SSSR count). The van der Waals surface area contributed by atoms with Gasteiger partial charge in [0.2, 0.25) is 5.88 Å². The van der Waals surface area contributed by atoms with E-state index in [4.69, 9.17) is 16.3 Å². The van der Waals surface area contributed by atoms with Gasteiger partial charge in [-0.25, -0.2) is 13.8 Å². The summed E-state index contributed by atoms with van der Waals surface area (Å²) >= 11 is 5.61. The van der Waals surface area contributed by atoms with Crippen LogP contribution in [-0.4, -0.2) is 34.0 Å². The lowest BCUT2D eigenvalue weighted by Gasteiger charge is -2.17. The van der Waals surface area contributed by atoms with Gasteiger partial charge >= 0.3 is 12.3 Å². The van der Waals surface area contributed by atoms with Crippen LogP contribution in [0.25, 0.3) is 11.2 Å². The normalized spacial score (nSPS) is 12.3. The lowest BCUT2D eigenvalue weighted by atomic mass is 10.3. The molecule has 0 bridgehead atoms. The van der Waals surface area contributed by atoms with Crippen molar-refractivity contribution >= 4 is 22.8 Å². The predicted octanol–water partition coefficient (Wildman–Crippen LogP) is 3.08. The van der Waals surface area contributed by atoms with E-state index in [0.717, 1.165) is 4.57 Å². The molecule has 0 spiro atoms. The minimum absolute atomic E-state index is 0.0281. The Labute approximate surface area is 116 Å². The van der Waals surface area contributed by atoms with Crippen molar-refractivity contribution in [2.75, 3.05) is 7.11 Å². The maximum Gasteiger partial charge on any atom is 0.324 e. The van der Waals surface area contributed by atoms with E-state index in [1.165, 1.54) is 19.2 Å². The SMILES string of the molecule is COc1ccc2nc(CCl)n(CC(F)(F)C(F)F)c2n1.